The maximum atomic E-state index is 12.0. The summed E-state index contributed by atoms with van der Waals surface area (Å²) < 4.78 is 0. The molecule has 1 amide bonds. The summed E-state index contributed by atoms with van der Waals surface area (Å²) in [5, 5.41) is 6.42. The molecule has 0 radical (unpaired) electrons. The third kappa shape index (κ3) is 4.80. The first-order valence-corrected chi connectivity index (χ1v) is 7.23. The lowest BCUT2D eigenvalue weighted by molar-refractivity contribution is -0.116. The van der Waals surface area contributed by atoms with E-state index in [0.29, 0.717) is 12.3 Å². The minimum atomic E-state index is 0. The second-order valence-electron chi connectivity index (χ2n) is 5.55. The van der Waals surface area contributed by atoms with Gasteiger partial charge in [-0.15, -0.1) is 12.4 Å². The van der Waals surface area contributed by atoms with E-state index in [-0.39, 0.29) is 18.3 Å². The summed E-state index contributed by atoms with van der Waals surface area (Å²) in [6.45, 7) is 6.28. The number of benzene rings is 1. The predicted molar refractivity (Wildman–Crippen MR) is 86.6 cm³/mol. The Labute approximate surface area is 127 Å². The van der Waals surface area contributed by atoms with E-state index < -0.39 is 0 Å². The summed E-state index contributed by atoms with van der Waals surface area (Å²) in [6, 6.07) is 6.10. The van der Waals surface area contributed by atoms with Gasteiger partial charge in [0.2, 0.25) is 5.91 Å². The summed E-state index contributed by atoms with van der Waals surface area (Å²) in [4.78, 5) is 12.0. The van der Waals surface area contributed by atoms with E-state index in [0.717, 1.165) is 36.3 Å². The zero-order chi connectivity index (χ0) is 13.7. The van der Waals surface area contributed by atoms with Crippen molar-refractivity contribution >= 4 is 24.0 Å². The number of carbonyl (C=O) groups excluding carboxylic acids is 1. The molecule has 0 spiro atoms. The smallest absolute Gasteiger partial charge is 0.224 e. The number of piperidine rings is 1. The summed E-state index contributed by atoms with van der Waals surface area (Å²) in [7, 11) is 0. The van der Waals surface area contributed by atoms with Gasteiger partial charge < -0.3 is 10.6 Å². The lowest BCUT2D eigenvalue weighted by Crippen LogP contribution is -2.28. The van der Waals surface area contributed by atoms with Crippen LogP contribution < -0.4 is 10.6 Å². The van der Waals surface area contributed by atoms with Gasteiger partial charge in [0.05, 0.1) is 0 Å². The van der Waals surface area contributed by atoms with Crippen molar-refractivity contribution in [2.24, 2.45) is 5.92 Å². The van der Waals surface area contributed by atoms with Crippen LogP contribution in [0.2, 0.25) is 0 Å². The Morgan fingerprint density at radius 2 is 1.85 bits per heavy atom. The molecule has 20 heavy (non-hydrogen) atoms. The molecule has 1 aromatic rings. The SMILES string of the molecule is Cc1cccc(C)c1NC(=O)CCC1CCNCC1.Cl. The number of para-hydroxylation sites is 1. The number of hydrogen-bond donors (Lipinski definition) is 2. The van der Waals surface area contributed by atoms with Crippen LogP contribution in [0.1, 0.15) is 36.8 Å². The molecule has 2 rings (SSSR count). The number of carbonyl (C=O) groups is 1. The van der Waals surface area contributed by atoms with Crippen LogP contribution in [-0.2, 0) is 4.79 Å². The third-order valence-electron chi connectivity index (χ3n) is 3.98. The number of hydrogen-bond acceptors (Lipinski definition) is 2. The molecule has 4 heteroatoms. The monoisotopic (exact) mass is 296 g/mol. The van der Waals surface area contributed by atoms with Crippen molar-refractivity contribution in [2.75, 3.05) is 18.4 Å². The molecule has 3 nitrogen and oxygen atoms in total. The van der Waals surface area contributed by atoms with Crippen LogP contribution in [0.3, 0.4) is 0 Å². The molecule has 112 valence electrons. The van der Waals surface area contributed by atoms with Crippen molar-refractivity contribution < 1.29 is 4.79 Å². The van der Waals surface area contributed by atoms with Gasteiger partial charge in [0.1, 0.15) is 0 Å². The fourth-order valence-corrected chi connectivity index (χ4v) is 2.72. The molecule has 1 aliphatic rings. The van der Waals surface area contributed by atoms with E-state index in [1.165, 1.54) is 12.8 Å². The van der Waals surface area contributed by atoms with E-state index >= 15 is 0 Å². The second kappa shape index (κ2) is 8.28. The fraction of sp³-hybridized carbons (Fsp3) is 0.562. The Morgan fingerprint density at radius 1 is 1.25 bits per heavy atom. The largest absolute Gasteiger partial charge is 0.326 e. The first kappa shape index (κ1) is 17.0. The van der Waals surface area contributed by atoms with Crippen molar-refractivity contribution in [3.8, 4) is 0 Å². The maximum Gasteiger partial charge on any atom is 0.224 e. The molecular weight excluding hydrogens is 272 g/mol. The van der Waals surface area contributed by atoms with Gasteiger partial charge in [0, 0.05) is 12.1 Å². The average Bonchev–Trinajstić information content (AvgIpc) is 2.42. The molecule has 0 unspecified atom stereocenters. The molecule has 1 aromatic carbocycles. The van der Waals surface area contributed by atoms with Crippen LogP contribution in [0.25, 0.3) is 0 Å². The van der Waals surface area contributed by atoms with E-state index in [9.17, 15) is 4.79 Å². The zero-order valence-electron chi connectivity index (χ0n) is 12.4. The van der Waals surface area contributed by atoms with E-state index in [4.69, 9.17) is 0 Å². The average molecular weight is 297 g/mol. The van der Waals surface area contributed by atoms with Crippen LogP contribution >= 0.6 is 12.4 Å². The highest BCUT2D eigenvalue weighted by Crippen LogP contribution is 2.21. The van der Waals surface area contributed by atoms with Crippen LogP contribution in [0, 0.1) is 19.8 Å². The van der Waals surface area contributed by atoms with Gasteiger partial charge in [-0.1, -0.05) is 18.2 Å². The molecule has 1 heterocycles. The third-order valence-corrected chi connectivity index (χ3v) is 3.98. The first-order valence-electron chi connectivity index (χ1n) is 7.23. The number of rotatable bonds is 4. The summed E-state index contributed by atoms with van der Waals surface area (Å²) in [6.07, 6.45) is 4.06. The summed E-state index contributed by atoms with van der Waals surface area (Å²) in [5.41, 5.74) is 3.25. The highest BCUT2D eigenvalue weighted by Gasteiger charge is 2.15. The Balaban J connectivity index is 0.00000200. The van der Waals surface area contributed by atoms with Crippen molar-refractivity contribution in [3.05, 3.63) is 29.3 Å². The molecule has 1 saturated heterocycles. The van der Waals surface area contributed by atoms with E-state index in [2.05, 4.69) is 10.6 Å². The lowest BCUT2D eigenvalue weighted by atomic mass is 9.93. The normalized spacial score (nSPS) is 15.5. The number of anilines is 1. The van der Waals surface area contributed by atoms with Gasteiger partial charge in [0.15, 0.2) is 0 Å². The molecule has 0 saturated carbocycles. The predicted octanol–water partition coefficient (Wildman–Crippen LogP) is 3.44. The molecule has 2 N–H and O–H groups in total. The standard InChI is InChI=1S/C16H24N2O.ClH/c1-12-4-3-5-13(2)16(12)18-15(19)7-6-14-8-10-17-11-9-14;/h3-5,14,17H,6-11H2,1-2H3,(H,18,19);1H. The second-order valence-corrected chi connectivity index (χ2v) is 5.55. The Hall–Kier alpha value is -1.06. The van der Waals surface area contributed by atoms with Crippen molar-refractivity contribution in [1.82, 2.24) is 5.32 Å². The van der Waals surface area contributed by atoms with Gasteiger partial charge in [0.25, 0.3) is 0 Å². The maximum absolute atomic E-state index is 12.0. The van der Waals surface area contributed by atoms with E-state index in [1.54, 1.807) is 0 Å². The van der Waals surface area contributed by atoms with Crippen molar-refractivity contribution in [3.63, 3.8) is 0 Å². The number of halogens is 1. The Morgan fingerprint density at radius 3 is 2.45 bits per heavy atom. The van der Waals surface area contributed by atoms with Crippen molar-refractivity contribution in [2.45, 2.75) is 39.5 Å². The zero-order valence-corrected chi connectivity index (χ0v) is 13.2. The molecule has 1 aliphatic heterocycles. The van der Waals surface area contributed by atoms with Gasteiger partial charge in [-0.2, -0.15) is 0 Å². The van der Waals surface area contributed by atoms with Crippen molar-refractivity contribution in [1.29, 1.82) is 0 Å². The van der Waals surface area contributed by atoms with Gasteiger partial charge >= 0.3 is 0 Å². The fourth-order valence-electron chi connectivity index (χ4n) is 2.72. The molecular formula is C16H25ClN2O. The summed E-state index contributed by atoms with van der Waals surface area (Å²) in [5.74, 6) is 0.862. The molecule has 1 fully saturated rings. The van der Waals surface area contributed by atoms with E-state index in [1.807, 2.05) is 32.0 Å². The minimum absolute atomic E-state index is 0. The van der Waals surface area contributed by atoms with Gasteiger partial charge in [-0.3, -0.25) is 4.79 Å². The van der Waals surface area contributed by atoms with Gasteiger partial charge in [-0.25, -0.2) is 0 Å². The molecule has 0 aromatic heterocycles. The van der Waals surface area contributed by atoms with Crippen LogP contribution in [0.15, 0.2) is 18.2 Å². The quantitative estimate of drug-likeness (QED) is 0.893. The van der Waals surface area contributed by atoms with Gasteiger partial charge in [-0.05, 0) is 63.2 Å². The molecule has 0 atom stereocenters. The van der Waals surface area contributed by atoms with Crippen LogP contribution in [0.5, 0.6) is 0 Å². The highest BCUT2D eigenvalue weighted by atomic mass is 35.5. The lowest BCUT2D eigenvalue weighted by Gasteiger charge is -2.22. The number of amides is 1. The summed E-state index contributed by atoms with van der Waals surface area (Å²) >= 11 is 0. The first-order chi connectivity index (χ1) is 9.16. The molecule has 0 aliphatic carbocycles. The number of nitrogens with one attached hydrogen (secondary N) is 2. The molecule has 0 bridgehead atoms. The van der Waals surface area contributed by atoms with Crippen LogP contribution in [-0.4, -0.2) is 19.0 Å². The topological polar surface area (TPSA) is 41.1 Å². The Kier molecular flexibility index (Phi) is 7.03. The highest BCUT2D eigenvalue weighted by molar-refractivity contribution is 5.92. The minimum Gasteiger partial charge on any atom is -0.326 e. The Bertz CT molecular complexity index is 422. The number of aryl methyl sites for hydroxylation is 2. The van der Waals surface area contributed by atoms with Crippen LogP contribution in [0.4, 0.5) is 5.69 Å².